The van der Waals surface area contributed by atoms with Gasteiger partial charge in [-0.3, -0.25) is 0 Å². The second-order valence-corrected chi connectivity index (χ2v) is 13.0. The van der Waals surface area contributed by atoms with Crippen LogP contribution in [0.2, 0.25) is 0 Å². The van der Waals surface area contributed by atoms with Gasteiger partial charge < -0.3 is 9.15 Å². The molecule has 0 bridgehead atoms. The van der Waals surface area contributed by atoms with E-state index in [9.17, 15) is 0 Å². The average molecular weight is 632 g/mol. The first kappa shape index (κ1) is 27.8. The summed E-state index contributed by atoms with van der Waals surface area (Å²) in [5.74, 6) is 10.2. The Morgan fingerprint density at radius 3 is 2.24 bits per heavy atom. The molecule has 5 heteroatoms. The van der Waals surface area contributed by atoms with Gasteiger partial charge in [0.1, 0.15) is 16.9 Å². The fourth-order valence-electron chi connectivity index (χ4n) is 7.85. The highest BCUT2D eigenvalue weighted by atomic mass is 16.5. The van der Waals surface area contributed by atoms with Gasteiger partial charge in [0.2, 0.25) is 0 Å². The number of hydrogen-bond acceptors (Lipinski definition) is 5. The number of nitrogens with zero attached hydrogens (tertiary/aromatic N) is 3. The minimum atomic E-state index is -0.197. The molecule has 3 aliphatic carbocycles. The van der Waals surface area contributed by atoms with Crippen molar-refractivity contribution in [3.8, 4) is 46.0 Å². The molecule has 5 nitrogen and oxygen atoms in total. The maximum absolute atomic E-state index is 6.58. The molecule has 0 saturated carbocycles. The van der Waals surface area contributed by atoms with Crippen LogP contribution >= 0.6 is 0 Å². The zero-order chi connectivity index (χ0) is 32.5. The van der Waals surface area contributed by atoms with Crippen molar-refractivity contribution in [3.05, 3.63) is 156 Å². The van der Waals surface area contributed by atoms with E-state index in [2.05, 4.69) is 79.5 Å². The van der Waals surface area contributed by atoms with Crippen molar-refractivity contribution in [2.45, 2.75) is 13.0 Å². The Labute approximate surface area is 283 Å². The van der Waals surface area contributed by atoms with E-state index in [4.69, 9.17) is 24.1 Å². The molecule has 4 atom stereocenters. The lowest BCUT2D eigenvalue weighted by Gasteiger charge is -2.32. The van der Waals surface area contributed by atoms with E-state index in [-0.39, 0.29) is 12.0 Å². The topological polar surface area (TPSA) is 61.0 Å². The lowest BCUT2D eigenvalue weighted by Crippen LogP contribution is -2.26. The van der Waals surface area contributed by atoms with Gasteiger partial charge in [-0.2, -0.15) is 0 Å². The van der Waals surface area contributed by atoms with E-state index in [1.54, 1.807) is 0 Å². The van der Waals surface area contributed by atoms with Crippen molar-refractivity contribution in [2.24, 2.45) is 17.8 Å². The Bertz CT molecular complexity index is 2500. The van der Waals surface area contributed by atoms with E-state index in [0.717, 1.165) is 50.0 Å². The van der Waals surface area contributed by atoms with Gasteiger partial charge in [0.05, 0.1) is 5.92 Å². The molecule has 6 aromatic rings. The van der Waals surface area contributed by atoms with Crippen LogP contribution in [-0.2, 0) is 4.74 Å². The summed E-state index contributed by atoms with van der Waals surface area (Å²) < 4.78 is 13.1. The number of allylic oxidation sites excluding steroid dienone is 7. The number of rotatable bonds is 4. The molecule has 0 amide bonds. The molecular formula is C44H29N3O2. The van der Waals surface area contributed by atoms with E-state index in [1.165, 1.54) is 16.7 Å². The standard InChI is InChI=1S/C44H29N3O2/c1-26-31-17-9-8-16-29(31)25-38-39(26)41-32(18-10-21-36(41)49-38)30-22-23-33-37(24-30)48-35-20-11-19-34(40(33)35)44-46-42(27-12-4-2-5-13-27)45-43(47-44)28-14-6-3-7-15-28/h2-9,11-20,22-26,31,36,41H,1H3. The molecule has 4 aromatic carbocycles. The van der Waals surface area contributed by atoms with Crippen LogP contribution in [0.15, 0.2) is 155 Å². The quantitative estimate of drug-likeness (QED) is 0.181. The van der Waals surface area contributed by atoms with Crippen LogP contribution in [0.25, 0.3) is 61.7 Å². The molecule has 232 valence electrons. The molecule has 0 saturated heterocycles. The summed E-state index contributed by atoms with van der Waals surface area (Å²) in [7, 11) is 0. The molecule has 3 heterocycles. The van der Waals surface area contributed by atoms with Crippen LogP contribution < -0.4 is 0 Å². The Morgan fingerprint density at radius 1 is 0.714 bits per heavy atom. The first-order chi connectivity index (χ1) is 24.2. The van der Waals surface area contributed by atoms with Gasteiger partial charge in [0.15, 0.2) is 23.6 Å². The summed E-state index contributed by atoms with van der Waals surface area (Å²) in [5, 5.41) is 1.99. The zero-order valence-corrected chi connectivity index (χ0v) is 26.7. The molecule has 1 aliphatic heterocycles. The van der Waals surface area contributed by atoms with Crippen molar-refractivity contribution in [2.75, 3.05) is 0 Å². The van der Waals surface area contributed by atoms with Gasteiger partial charge in [0.25, 0.3) is 0 Å². The summed E-state index contributed by atoms with van der Waals surface area (Å²) in [5.41, 5.74) is 9.26. The highest BCUT2D eigenvalue weighted by molar-refractivity contribution is 6.12. The zero-order valence-electron chi connectivity index (χ0n) is 26.7. The highest BCUT2D eigenvalue weighted by Gasteiger charge is 2.45. The monoisotopic (exact) mass is 631 g/mol. The SMILES string of the molecule is CC1C2=C(C=C3C=CC=CC31)OC1C#CC=C(c3ccc4c(c3)oc3cccc(-c5nc(-c6ccccc6)nc(-c6ccccc6)n5)c34)C21. The fourth-order valence-corrected chi connectivity index (χ4v) is 7.85. The van der Waals surface area contributed by atoms with E-state index in [1.807, 2.05) is 72.8 Å². The van der Waals surface area contributed by atoms with Crippen molar-refractivity contribution in [3.63, 3.8) is 0 Å². The lowest BCUT2D eigenvalue weighted by molar-refractivity contribution is 0.184. The predicted octanol–water partition coefficient (Wildman–Crippen LogP) is 9.76. The van der Waals surface area contributed by atoms with Gasteiger partial charge >= 0.3 is 0 Å². The molecule has 10 rings (SSSR count). The van der Waals surface area contributed by atoms with Crippen LogP contribution in [0.5, 0.6) is 0 Å². The Balaban J connectivity index is 1.09. The minimum absolute atomic E-state index is 0.0683. The summed E-state index contributed by atoms with van der Waals surface area (Å²) in [6.45, 7) is 2.32. The maximum Gasteiger partial charge on any atom is 0.170 e. The van der Waals surface area contributed by atoms with Crippen LogP contribution in [0.1, 0.15) is 12.5 Å². The molecule has 0 N–H and O–H groups in total. The Morgan fingerprint density at radius 2 is 1.47 bits per heavy atom. The third kappa shape index (κ3) is 4.45. The van der Waals surface area contributed by atoms with E-state index in [0.29, 0.717) is 29.3 Å². The van der Waals surface area contributed by atoms with E-state index < -0.39 is 0 Å². The molecule has 4 aliphatic rings. The Kier molecular flexibility index (Phi) is 6.19. The predicted molar refractivity (Wildman–Crippen MR) is 194 cm³/mol. The van der Waals surface area contributed by atoms with Gasteiger partial charge in [-0.05, 0) is 58.6 Å². The fraction of sp³-hybridized carbons (Fsp3) is 0.114. The van der Waals surface area contributed by atoms with Gasteiger partial charge in [-0.15, -0.1) is 0 Å². The van der Waals surface area contributed by atoms with Crippen molar-refractivity contribution < 1.29 is 9.15 Å². The van der Waals surface area contributed by atoms with Crippen LogP contribution in [0, 0.1) is 29.6 Å². The molecule has 0 fully saturated rings. The molecule has 0 spiro atoms. The van der Waals surface area contributed by atoms with Crippen molar-refractivity contribution in [1.82, 2.24) is 15.0 Å². The molecular weight excluding hydrogens is 603 g/mol. The van der Waals surface area contributed by atoms with Crippen LogP contribution in [0.3, 0.4) is 0 Å². The first-order valence-corrected chi connectivity index (χ1v) is 16.7. The third-order valence-corrected chi connectivity index (χ3v) is 10.2. The summed E-state index contributed by atoms with van der Waals surface area (Å²) in [4.78, 5) is 14.9. The largest absolute Gasteiger partial charge is 0.477 e. The van der Waals surface area contributed by atoms with Crippen LogP contribution in [0.4, 0.5) is 0 Å². The number of aromatic nitrogens is 3. The molecule has 2 aromatic heterocycles. The van der Waals surface area contributed by atoms with Gasteiger partial charge in [-0.1, -0.05) is 122 Å². The second kappa shape index (κ2) is 10.9. The summed E-state index contributed by atoms with van der Waals surface area (Å²) in [6.07, 6.45) is 12.9. The van der Waals surface area contributed by atoms with Gasteiger partial charge in [-0.25, -0.2) is 15.0 Å². The summed E-state index contributed by atoms with van der Waals surface area (Å²) in [6, 6.07) is 32.7. The highest BCUT2D eigenvalue weighted by Crippen LogP contribution is 2.51. The lowest BCUT2D eigenvalue weighted by atomic mass is 9.69. The number of fused-ring (bicyclic) bond motifs is 6. The smallest absolute Gasteiger partial charge is 0.170 e. The molecule has 49 heavy (non-hydrogen) atoms. The maximum atomic E-state index is 6.58. The summed E-state index contributed by atoms with van der Waals surface area (Å²) >= 11 is 0. The number of benzene rings is 4. The number of furan rings is 1. The molecule has 0 radical (unpaired) electrons. The third-order valence-electron chi connectivity index (χ3n) is 10.2. The molecule has 4 unspecified atom stereocenters. The van der Waals surface area contributed by atoms with Crippen LogP contribution in [-0.4, -0.2) is 21.1 Å². The number of ether oxygens (including phenoxy) is 1. The average Bonchev–Trinajstić information content (AvgIpc) is 3.73. The minimum Gasteiger partial charge on any atom is -0.477 e. The Hall–Kier alpha value is -6.25. The normalized spacial score (nSPS) is 21.7. The van der Waals surface area contributed by atoms with Crippen molar-refractivity contribution >= 4 is 27.5 Å². The first-order valence-electron chi connectivity index (χ1n) is 16.7. The van der Waals surface area contributed by atoms with E-state index >= 15 is 0 Å². The van der Waals surface area contributed by atoms with Crippen molar-refractivity contribution in [1.29, 1.82) is 0 Å². The van der Waals surface area contributed by atoms with Gasteiger partial charge in [0, 0.05) is 33.4 Å². The second-order valence-electron chi connectivity index (χ2n) is 13.0. The number of hydrogen-bond donors (Lipinski definition) is 0.